The van der Waals surface area contributed by atoms with Crippen molar-refractivity contribution in [3.8, 4) is 0 Å². The van der Waals surface area contributed by atoms with Gasteiger partial charge in [-0.1, -0.05) is 50.2 Å². The van der Waals surface area contributed by atoms with Crippen molar-refractivity contribution >= 4 is 12.6 Å². The van der Waals surface area contributed by atoms with Crippen LogP contribution in [0.15, 0.2) is 11.6 Å². The maximum absolute atomic E-state index is 9.22. The van der Waals surface area contributed by atoms with E-state index >= 15 is 0 Å². The minimum absolute atomic E-state index is 0.300. The normalized spacial score (nSPS) is 14.2. The lowest BCUT2D eigenvalue weighted by Crippen LogP contribution is -2.29. The van der Waals surface area contributed by atoms with Gasteiger partial charge in [-0.25, -0.2) is 0 Å². The largest absolute Gasteiger partial charge is 0.395 e. The lowest BCUT2D eigenvalue weighted by Gasteiger charge is -2.21. The highest BCUT2D eigenvalue weighted by molar-refractivity contribution is 7.80. The van der Waals surface area contributed by atoms with Crippen LogP contribution in [0, 0.1) is 0 Å². The molecule has 0 saturated heterocycles. The van der Waals surface area contributed by atoms with Crippen molar-refractivity contribution in [3.05, 3.63) is 11.6 Å². The van der Waals surface area contributed by atoms with Crippen LogP contribution in [0.25, 0.3) is 0 Å². The van der Waals surface area contributed by atoms with Crippen LogP contribution in [-0.2, 0) is 0 Å². The van der Waals surface area contributed by atoms with E-state index in [1.54, 1.807) is 5.57 Å². The third-order valence-electron chi connectivity index (χ3n) is 5.16. The highest BCUT2D eigenvalue weighted by atomic mass is 32.1. The maximum atomic E-state index is 9.22. The van der Waals surface area contributed by atoms with E-state index in [0.717, 1.165) is 18.8 Å². The number of aliphatic hydroxyl groups excluding tert-OH is 1. The number of allylic oxidation sites excluding steroid dienone is 2. The van der Waals surface area contributed by atoms with Crippen molar-refractivity contribution < 1.29 is 5.11 Å². The van der Waals surface area contributed by atoms with Crippen LogP contribution in [0.2, 0.25) is 0 Å². The van der Waals surface area contributed by atoms with Gasteiger partial charge in [0.25, 0.3) is 0 Å². The summed E-state index contributed by atoms with van der Waals surface area (Å²) in [4.78, 5) is 2.46. The fourth-order valence-electron chi connectivity index (χ4n) is 3.36. The third-order valence-corrected chi connectivity index (χ3v) is 5.47. The highest BCUT2D eigenvalue weighted by Gasteiger charge is 2.06. The van der Waals surface area contributed by atoms with Crippen LogP contribution < -0.4 is 0 Å². The van der Waals surface area contributed by atoms with Gasteiger partial charge in [-0.3, -0.25) is 0 Å². The SMILES string of the molecule is OCCN(CCCCCCCS)CCCCCCCC=C1CCC1. The molecule has 1 saturated carbocycles. The molecule has 24 heavy (non-hydrogen) atoms. The van der Waals surface area contributed by atoms with E-state index in [-0.39, 0.29) is 0 Å². The van der Waals surface area contributed by atoms with Crippen LogP contribution in [0.3, 0.4) is 0 Å². The summed E-state index contributed by atoms with van der Waals surface area (Å²) in [6.07, 6.45) is 21.2. The maximum Gasteiger partial charge on any atom is 0.0558 e. The standard InChI is InChI=1S/C21H41NOS/c23-19-18-22(17-10-6-3-7-11-20-24)16-9-5-2-1-4-8-13-21-14-12-15-21/h13,23-24H,1-12,14-20H2. The molecule has 0 amide bonds. The zero-order valence-electron chi connectivity index (χ0n) is 15.9. The molecular formula is C21H41NOS. The van der Waals surface area contributed by atoms with Gasteiger partial charge in [0.2, 0.25) is 0 Å². The second-order valence-electron chi connectivity index (χ2n) is 7.33. The number of aliphatic hydroxyl groups is 1. The molecule has 3 heteroatoms. The molecule has 1 N–H and O–H groups in total. The Morgan fingerprint density at radius 2 is 1.38 bits per heavy atom. The first-order valence-electron chi connectivity index (χ1n) is 10.5. The molecule has 1 aliphatic rings. The molecule has 0 unspecified atom stereocenters. The average Bonchev–Trinajstić information content (AvgIpc) is 2.54. The lowest BCUT2D eigenvalue weighted by atomic mass is 9.91. The molecule has 1 aliphatic carbocycles. The predicted octanol–water partition coefficient (Wildman–Crippen LogP) is 5.61. The molecule has 0 spiro atoms. The van der Waals surface area contributed by atoms with Crippen molar-refractivity contribution in [1.82, 2.24) is 4.90 Å². The van der Waals surface area contributed by atoms with Gasteiger partial charge < -0.3 is 10.0 Å². The Labute approximate surface area is 156 Å². The van der Waals surface area contributed by atoms with Crippen LogP contribution in [0.4, 0.5) is 0 Å². The fraction of sp³-hybridized carbons (Fsp3) is 0.905. The first-order valence-corrected chi connectivity index (χ1v) is 11.1. The van der Waals surface area contributed by atoms with Gasteiger partial charge in [-0.15, -0.1) is 0 Å². The third kappa shape index (κ3) is 12.4. The smallest absolute Gasteiger partial charge is 0.0558 e. The molecule has 0 aliphatic heterocycles. The zero-order valence-corrected chi connectivity index (χ0v) is 16.7. The van der Waals surface area contributed by atoms with E-state index in [0.29, 0.717) is 6.61 Å². The van der Waals surface area contributed by atoms with Crippen LogP contribution in [0.1, 0.15) is 89.9 Å². The molecule has 2 nitrogen and oxygen atoms in total. The first kappa shape index (κ1) is 22.1. The van der Waals surface area contributed by atoms with Crippen molar-refractivity contribution in [2.75, 3.05) is 32.0 Å². The minimum atomic E-state index is 0.300. The zero-order chi connectivity index (χ0) is 17.3. The van der Waals surface area contributed by atoms with Gasteiger partial charge in [0.05, 0.1) is 6.61 Å². The van der Waals surface area contributed by atoms with Crippen molar-refractivity contribution in [2.24, 2.45) is 0 Å². The summed E-state index contributed by atoms with van der Waals surface area (Å²) in [7, 11) is 0. The van der Waals surface area contributed by atoms with Crippen molar-refractivity contribution in [2.45, 2.75) is 89.9 Å². The second-order valence-corrected chi connectivity index (χ2v) is 7.78. The van der Waals surface area contributed by atoms with Gasteiger partial charge in [-0.2, -0.15) is 12.6 Å². The van der Waals surface area contributed by atoms with E-state index in [9.17, 15) is 5.11 Å². The molecule has 0 aromatic carbocycles. The van der Waals surface area contributed by atoms with Gasteiger partial charge in [0.15, 0.2) is 0 Å². The molecular weight excluding hydrogens is 314 g/mol. The van der Waals surface area contributed by atoms with Gasteiger partial charge >= 0.3 is 0 Å². The fourth-order valence-corrected chi connectivity index (χ4v) is 3.58. The number of hydrogen-bond acceptors (Lipinski definition) is 3. The summed E-state index contributed by atoms with van der Waals surface area (Å²) in [6.45, 7) is 3.48. The molecule has 0 bridgehead atoms. The van der Waals surface area contributed by atoms with Crippen molar-refractivity contribution in [3.63, 3.8) is 0 Å². The van der Waals surface area contributed by atoms with E-state index in [4.69, 9.17) is 0 Å². The van der Waals surface area contributed by atoms with E-state index in [1.165, 1.54) is 96.4 Å². The summed E-state index contributed by atoms with van der Waals surface area (Å²) < 4.78 is 0. The number of thiol groups is 1. The van der Waals surface area contributed by atoms with Gasteiger partial charge in [0, 0.05) is 6.54 Å². The Hall–Kier alpha value is 0.01000. The second kappa shape index (κ2) is 16.5. The van der Waals surface area contributed by atoms with E-state index in [2.05, 4.69) is 23.6 Å². The summed E-state index contributed by atoms with van der Waals surface area (Å²) in [5.74, 6) is 1.02. The summed E-state index contributed by atoms with van der Waals surface area (Å²) >= 11 is 4.26. The Bertz CT molecular complexity index is 300. The molecule has 0 heterocycles. The molecule has 0 radical (unpaired) electrons. The molecule has 0 aromatic heterocycles. The highest BCUT2D eigenvalue weighted by Crippen LogP contribution is 2.25. The Morgan fingerprint density at radius 1 is 0.792 bits per heavy atom. The molecule has 0 atom stereocenters. The summed E-state index contributed by atoms with van der Waals surface area (Å²) in [5.41, 5.74) is 1.71. The number of rotatable bonds is 17. The Balaban J connectivity index is 1.90. The van der Waals surface area contributed by atoms with Gasteiger partial charge in [-0.05, 0) is 70.2 Å². The molecule has 1 rings (SSSR count). The Kier molecular flexibility index (Phi) is 15.1. The molecule has 0 aromatic rings. The Morgan fingerprint density at radius 3 is 1.92 bits per heavy atom. The summed E-state index contributed by atoms with van der Waals surface area (Å²) in [5, 5.41) is 9.22. The van der Waals surface area contributed by atoms with Crippen LogP contribution >= 0.6 is 12.6 Å². The number of hydrogen-bond donors (Lipinski definition) is 2. The van der Waals surface area contributed by atoms with E-state index < -0.39 is 0 Å². The van der Waals surface area contributed by atoms with Gasteiger partial charge in [0.1, 0.15) is 0 Å². The molecule has 1 fully saturated rings. The number of nitrogens with zero attached hydrogens (tertiary/aromatic N) is 1. The number of unbranched alkanes of at least 4 members (excludes halogenated alkanes) is 9. The predicted molar refractivity (Wildman–Crippen MR) is 110 cm³/mol. The quantitative estimate of drug-likeness (QED) is 0.201. The average molecular weight is 356 g/mol. The van der Waals surface area contributed by atoms with E-state index in [1.807, 2.05) is 0 Å². The lowest BCUT2D eigenvalue weighted by molar-refractivity contribution is 0.190. The van der Waals surface area contributed by atoms with Crippen molar-refractivity contribution in [1.29, 1.82) is 0 Å². The first-order chi connectivity index (χ1) is 11.9. The van der Waals surface area contributed by atoms with Crippen LogP contribution in [-0.4, -0.2) is 42.0 Å². The monoisotopic (exact) mass is 355 g/mol. The summed E-state index contributed by atoms with van der Waals surface area (Å²) in [6, 6.07) is 0. The minimum Gasteiger partial charge on any atom is -0.395 e. The topological polar surface area (TPSA) is 23.5 Å². The molecule has 142 valence electrons. The van der Waals surface area contributed by atoms with Crippen LogP contribution in [0.5, 0.6) is 0 Å².